The van der Waals surface area contributed by atoms with E-state index >= 15 is 0 Å². The molecule has 3 rings (SSSR count). The third-order valence-corrected chi connectivity index (χ3v) is 4.41. The molecule has 3 aromatic rings. The summed E-state index contributed by atoms with van der Waals surface area (Å²) in [6.07, 6.45) is 0.440. The van der Waals surface area contributed by atoms with E-state index in [4.69, 9.17) is 0 Å². The molecule has 0 radical (unpaired) electrons. The van der Waals surface area contributed by atoms with Gasteiger partial charge in [-0.1, -0.05) is 18.2 Å². The Kier molecular flexibility index (Phi) is 3.40. The van der Waals surface area contributed by atoms with E-state index in [0.717, 1.165) is 17.8 Å². The number of nitrogens with zero attached hydrogens (tertiary/aromatic N) is 2. The number of hydrogen-bond acceptors (Lipinski definition) is 3. The molecule has 0 spiro atoms. The minimum atomic E-state index is 0.135. The van der Waals surface area contributed by atoms with E-state index in [1.165, 1.54) is 10.1 Å². The van der Waals surface area contributed by atoms with Crippen LogP contribution in [0.4, 0.5) is 0 Å². The van der Waals surface area contributed by atoms with E-state index in [9.17, 15) is 4.79 Å². The lowest BCUT2D eigenvalue weighted by Crippen LogP contribution is -2.11. The Morgan fingerprint density at radius 3 is 2.95 bits per heavy atom. The van der Waals surface area contributed by atoms with Gasteiger partial charge in [-0.15, -0.1) is 11.3 Å². The SMILES string of the molecule is CCn1nc(C)cc1C(=O)Cc1csc2ccccc12. The summed E-state index contributed by atoms with van der Waals surface area (Å²) >= 11 is 1.69. The van der Waals surface area contributed by atoms with Gasteiger partial charge in [-0.05, 0) is 42.3 Å². The Morgan fingerprint density at radius 1 is 1.35 bits per heavy atom. The van der Waals surface area contributed by atoms with Crippen molar-refractivity contribution in [2.45, 2.75) is 26.8 Å². The average Bonchev–Trinajstić information content (AvgIpc) is 3.03. The van der Waals surface area contributed by atoms with Crippen molar-refractivity contribution in [3.05, 3.63) is 52.7 Å². The average molecular weight is 284 g/mol. The molecule has 0 unspecified atom stereocenters. The van der Waals surface area contributed by atoms with Crippen molar-refractivity contribution in [1.82, 2.24) is 9.78 Å². The molecule has 102 valence electrons. The van der Waals surface area contributed by atoms with Crippen LogP contribution in [0.2, 0.25) is 0 Å². The summed E-state index contributed by atoms with van der Waals surface area (Å²) in [5.74, 6) is 0.135. The standard InChI is InChI=1S/C16H16N2OS/c1-3-18-14(8-11(2)17-18)15(19)9-12-10-20-16-7-5-4-6-13(12)16/h4-8,10H,3,9H2,1-2H3. The molecular weight excluding hydrogens is 268 g/mol. The van der Waals surface area contributed by atoms with Crippen LogP contribution in [-0.4, -0.2) is 15.6 Å². The normalized spacial score (nSPS) is 11.1. The van der Waals surface area contributed by atoms with Crippen molar-refractivity contribution in [3.8, 4) is 0 Å². The third-order valence-electron chi connectivity index (χ3n) is 3.40. The zero-order chi connectivity index (χ0) is 14.1. The van der Waals surface area contributed by atoms with Crippen LogP contribution in [0.3, 0.4) is 0 Å². The summed E-state index contributed by atoms with van der Waals surface area (Å²) in [7, 11) is 0. The summed E-state index contributed by atoms with van der Waals surface area (Å²) < 4.78 is 3.02. The van der Waals surface area contributed by atoms with E-state index in [2.05, 4.69) is 22.6 Å². The van der Waals surface area contributed by atoms with Crippen molar-refractivity contribution in [2.24, 2.45) is 0 Å². The Labute approximate surface area is 121 Å². The van der Waals surface area contributed by atoms with Crippen LogP contribution in [0.15, 0.2) is 35.7 Å². The van der Waals surface area contributed by atoms with Gasteiger partial charge in [0.25, 0.3) is 0 Å². The van der Waals surface area contributed by atoms with Gasteiger partial charge >= 0.3 is 0 Å². The maximum Gasteiger partial charge on any atom is 0.185 e. The molecule has 0 saturated carbocycles. The topological polar surface area (TPSA) is 34.9 Å². The Morgan fingerprint density at radius 2 is 2.15 bits per heavy atom. The molecule has 2 heterocycles. The van der Waals surface area contributed by atoms with Crippen molar-refractivity contribution in [1.29, 1.82) is 0 Å². The smallest absolute Gasteiger partial charge is 0.185 e. The van der Waals surface area contributed by atoms with Crippen molar-refractivity contribution >= 4 is 27.2 Å². The van der Waals surface area contributed by atoms with Crippen LogP contribution < -0.4 is 0 Å². The zero-order valence-corrected chi connectivity index (χ0v) is 12.4. The Balaban J connectivity index is 1.92. The van der Waals surface area contributed by atoms with Gasteiger partial charge in [0.2, 0.25) is 0 Å². The summed E-state index contributed by atoms with van der Waals surface area (Å²) in [6, 6.07) is 10.1. The number of fused-ring (bicyclic) bond motifs is 1. The predicted molar refractivity (Wildman–Crippen MR) is 82.5 cm³/mol. The van der Waals surface area contributed by atoms with Crippen LogP contribution in [0.25, 0.3) is 10.1 Å². The first-order valence-electron chi connectivity index (χ1n) is 6.71. The largest absolute Gasteiger partial charge is 0.292 e. The van der Waals surface area contributed by atoms with Crippen molar-refractivity contribution in [3.63, 3.8) is 0 Å². The van der Waals surface area contributed by atoms with E-state index in [-0.39, 0.29) is 5.78 Å². The summed E-state index contributed by atoms with van der Waals surface area (Å²) in [6.45, 7) is 4.64. The van der Waals surface area contributed by atoms with Gasteiger partial charge in [-0.25, -0.2) is 0 Å². The number of ketones is 1. The molecule has 0 saturated heterocycles. The van der Waals surface area contributed by atoms with E-state index in [0.29, 0.717) is 12.1 Å². The first-order valence-corrected chi connectivity index (χ1v) is 7.59. The van der Waals surface area contributed by atoms with Crippen LogP contribution >= 0.6 is 11.3 Å². The molecule has 20 heavy (non-hydrogen) atoms. The van der Waals surface area contributed by atoms with Gasteiger partial charge in [0.1, 0.15) is 5.69 Å². The van der Waals surface area contributed by atoms with Crippen LogP contribution in [0.5, 0.6) is 0 Å². The molecule has 0 fully saturated rings. The highest BCUT2D eigenvalue weighted by Gasteiger charge is 2.15. The second-order valence-corrected chi connectivity index (χ2v) is 5.76. The number of Topliss-reactive ketones (excluding diaryl/α,β-unsaturated/α-hetero) is 1. The molecule has 0 amide bonds. The number of rotatable bonds is 4. The fourth-order valence-electron chi connectivity index (χ4n) is 2.44. The quantitative estimate of drug-likeness (QED) is 0.682. The van der Waals surface area contributed by atoms with E-state index in [1.54, 1.807) is 16.0 Å². The molecule has 3 nitrogen and oxygen atoms in total. The highest BCUT2D eigenvalue weighted by molar-refractivity contribution is 7.17. The van der Waals surface area contributed by atoms with E-state index in [1.807, 2.05) is 32.0 Å². The third kappa shape index (κ3) is 2.27. The fourth-order valence-corrected chi connectivity index (χ4v) is 3.41. The number of hydrogen-bond donors (Lipinski definition) is 0. The Bertz CT molecular complexity index is 770. The number of benzene rings is 1. The van der Waals surface area contributed by atoms with Crippen molar-refractivity contribution < 1.29 is 4.79 Å². The van der Waals surface area contributed by atoms with Gasteiger partial charge in [-0.2, -0.15) is 5.10 Å². The number of aromatic nitrogens is 2. The maximum atomic E-state index is 12.5. The van der Waals surface area contributed by atoms with Crippen LogP contribution in [0.1, 0.15) is 28.7 Å². The highest BCUT2D eigenvalue weighted by Crippen LogP contribution is 2.26. The minimum absolute atomic E-state index is 0.135. The second-order valence-electron chi connectivity index (χ2n) is 4.84. The van der Waals surface area contributed by atoms with Gasteiger partial charge in [0.05, 0.1) is 5.69 Å². The number of thiophene rings is 1. The summed E-state index contributed by atoms with van der Waals surface area (Å²) in [4.78, 5) is 12.5. The highest BCUT2D eigenvalue weighted by atomic mass is 32.1. The minimum Gasteiger partial charge on any atom is -0.292 e. The number of carbonyl (C=O) groups is 1. The van der Waals surface area contributed by atoms with Crippen LogP contribution in [0, 0.1) is 6.92 Å². The predicted octanol–water partition coefficient (Wildman–Crippen LogP) is 3.85. The lowest BCUT2D eigenvalue weighted by atomic mass is 10.1. The lowest BCUT2D eigenvalue weighted by molar-refractivity contribution is 0.0983. The molecule has 1 aromatic carbocycles. The Hall–Kier alpha value is -1.94. The molecule has 0 N–H and O–H groups in total. The molecule has 0 aliphatic heterocycles. The van der Waals surface area contributed by atoms with E-state index < -0.39 is 0 Å². The molecular formula is C16H16N2OS. The second kappa shape index (κ2) is 5.21. The first kappa shape index (κ1) is 13.1. The molecule has 0 aliphatic carbocycles. The lowest BCUT2D eigenvalue weighted by Gasteiger charge is -2.03. The van der Waals surface area contributed by atoms with Crippen LogP contribution in [-0.2, 0) is 13.0 Å². The number of aryl methyl sites for hydroxylation is 2. The van der Waals surface area contributed by atoms with Gasteiger partial charge in [0, 0.05) is 17.7 Å². The fraction of sp³-hybridized carbons (Fsp3) is 0.250. The molecule has 2 aromatic heterocycles. The van der Waals surface area contributed by atoms with Gasteiger partial charge in [0.15, 0.2) is 5.78 Å². The molecule has 0 bridgehead atoms. The van der Waals surface area contributed by atoms with Gasteiger partial charge < -0.3 is 0 Å². The summed E-state index contributed by atoms with van der Waals surface area (Å²) in [5, 5.41) is 7.61. The summed E-state index contributed by atoms with van der Waals surface area (Å²) in [5.41, 5.74) is 2.71. The first-order chi connectivity index (χ1) is 9.69. The van der Waals surface area contributed by atoms with Crippen molar-refractivity contribution in [2.75, 3.05) is 0 Å². The number of carbonyl (C=O) groups excluding carboxylic acids is 1. The zero-order valence-electron chi connectivity index (χ0n) is 11.6. The van der Waals surface area contributed by atoms with Gasteiger partial charge in [-0.3, -0.25) is 9.48 Å². The maximum absolute atomic E-state index is 12.5. The molecule has 0 aliphatic rings. The monoisotopic (exact) mass is 284 g/mol. The molecule has 4 heteroatoms. The molecule has 0 atom stereocenters.